The van der Waals surface area contributed by atoms with E-state index in [1.165, 1.54) is 4.90 Å². The van der Waals surface area contributed by atoms with Crippen LogP contribution in [0.25, 0.3) is 0 Å². The van der Waals surface area contributed by atoms with Gasteiger partial charge >= 0.3 is 0 Å². The van der Waals surface area contributed by atoms with E-state index in [1.807, 2.05) is 14.0 Å². The van der Waals surface area contributed by atoms with Crippen molar-refractivity contribution in [2.45, 2.75) is 19.9 Å². The summed E-state index contributed by atoms with van der Waals surface area (Å²) in [7, 11) is 5.17. The van der Waals surface area contributed by atoms with Crippen molar-refractivity contribution in [1.82, 2.24) is 20.5 Å². The van der Waals surface area contributed by atoms with Crippen molar-refractivity contribution < 1.29 is 9.59 Å². The summed E-state index contributed by atoms with van der Waals surface area (Å²) in [6, 6.07) is 3.41. The Balaban J connectivity index is 2.82. The van der Waals surface area contributed by atoms with Gasteiger partial charge in [-0.2, -0.15) is 0 Å². The highest BCUT2D eigenvalue weighted by molar-refractivity contribution is 5.97. The van der Waals surface area contributed by atoms with Gasteiger partial charge in [-0.3, -0.25) is 9.59 Å². The van der Waals surface area contributed by atoms with Crippen LogP contribution in [0.2, 0.25) is 0 Å². The van der Waals surface area contributed by atoms with E-state index < -0.39 is 0 Å². The van der Waals surface area contributed by atoms with E-state index in [0.717, 1.165) is 0 Å². The molecular weight excluding hydrogens is 256 g/mol. The van der Waals surface area contributed by atoms with Gasteiger partial charge in [-0.1, -0.05) is 0 Å². The zero-order chi connectivity index (χ0) is 15.3. The van der Waals surface area contributed by atoms with Gasteiger partial charge in [0.15, 0.2) is 0 Å². The summed E-state index contributed by atoms with van der Waals surface area (Å²) in [6.45, 7) is 4.24. The number of hydrogen-bond donors (Lipinski definition) is 2. The number of carbonyl (C=O) groups excluding carboxylic acids is 2. The minimum atomic E-state index is -0.180. The first-order valence-corrected chi connectivity index (χ1v) is 6.51. The van der Waals surface area contributed by atoms with Gasteiger partial charge in [-0.15, -0.1) is 0 Å². The maximum atomic E-state index is 12.0. The van der Waals surface area contributed by atoms with Crippen molar-refractivity contribution in [3.8, 4) is 0 Å². The minimum Gasteiger partial charge on any atom is -0.350 e. The summed E-state index contributed by atoms with van der Waals surface area (Å²) in [4.78, 5) is 29.5. The highest BCUT2D eigenvalue weighted by Gasteiger charge is 2.15. The molecule has 0 aliphatic heterocycles. The van der Waals surface area contributed by atoms with Gasteiger partial charge in [0.1, 0.15) is 5.69 Å². The first-order valence-electron chi connectivity index (χ1n) is 6.51. The molecule has 0 bridgehead atoms. The summed E-state index contributed by atoms with van der Waals surface area (Å²) in [5.74, 6) is -0.357. The van der Waals surface area contributed by atoms with Crippen LogP contribution in [0, 0.1) is 6.92 Å². The molecule has 0 radical (unpaired) electrons. The average Bonchev–Trinajstić information content (AvgIpc) is 2.43. The Bertz CT molecular complexity index is 500. The molecule has 0 spiro atoms. The molecule has 1 aromatic rings. The molecule has 1 atom stereocenters. The number of nitrogens with one attached hydrogen (secondary N) is 2. The van der Waals surface area contributed by atoms with Crippen LogP contribution in [0.3, 0.4) is 0 Å². The molecular formula is C14H22N4O2. The van der Waals surface area contributed by atoms with Gasteiger partial charge in [0.2, 0.25) is 0 Å². The Morgan fingerprint density at radius 2 is 2.00 bits per heavy atom. The van der Waals surface area contributed by atoms with Crippen LogP contribution in [-0.4, -0.2) is 55.4 Å². The zero-order valence-corrected chi connectivity index (χ0v) is 12.7. The van der Waals surface area contributed by atoms with E-state index in [-0.39, 0.29) is 17.9 Å². The largest absolute Gasteiger partial charge is 0.350 e. The standard InChI is InChI=1S/C14H22N4O2/c1-9(15-3)8-16-13(19)11-6-7-12(17-10(11)2)14(20)18(4)5/h6-7,9,15H,8H2,1-5H3,(H,16,19). The Kier molecular flexibility index (Phi) is 5.64. The zero-order valence-electron chi connectivity index (χ0n) is 12.7. The van der Waals surface area contributed by atoms with E-state index in [1.54, 1.807) is 33.2 Å². The summed E-state index contributed by atoms with van der Waals surface area (Å²) >= 11 is 0. The van der Waals surface area contributed by atoms with Crippen LogP contribution < -0.4 is 10.6 Å². The Morgan fingerprint density at radius 1 is 1.35 bits per heavy atom. The third-order valence-corrected chi connectivity index (χ3v) is 3.02. The second-order valence-corrected chi connectivity index (χ2v) is 4.93. The number of likely N-dealkylation sites (N-methyl/N-ethyl adjacent to an activating group) is 1. The van der Waals surface area contributed by atoms with Crippen molar-refractivity contribution in [2.24, 2.45) is 0 Å². The molecule has 1 rings (SSSR count). The maximum Gasteiger partial charge on any atom is 0.271 e. The number of nitrogens with zero attached hydrogens (tertiary/aromatic N) is 2. The molecule has 110 valence electrons. The van der Waals surface area contributed by atoms with Gasteiger partial charge in [0.25, 0.3) is 11.8 Å². The first kappa shape index (κ1) is 16.1. The monoisotopic (exact) mass is 278 g/mol. The van der Waals surface area contributed by atoms with E-state index in [4.69, 9.17) is 0 Å². The Morgan fingerprint density at radius 3 is 2.50 bits per heavy atom. The topological polar surface area (TPSA) is 74.3 Å². The third-order valence-electron chi connectivity index (χ3n) is 3.02. The lowest BCUT2D eigenvalue weighted by Crippen LogP contribution is -2.37. The van der Waals surface area contributed by atoms with Crippen molar-refractivity contribution >= 4 is 11.8 Å². The van der Waals surface area contributed by atoms with Gasteiger partial charge < -0.3 is 15.5 Å². The van der Waals surface area contributed by atoms with Crippen molar-refractivity contribution in [3.63, 3.8) is 0 Å². The Hall–Kier alpha value is -1.95. The summed E-state index contributed by atoms with van der Waals surface area (Å²) in [5.41, 5.74) is 1.38. The van der Waals surface area contributed by atoms with Gasteiger partial charge in [-0.25, -0.2) is 4.98 Å². The Labute approximate surface area is 119 Å². The minimum absolute atomic E-state index is 0.177. The van der Waals surface area contributed by atoms with Crippen LogP contribution in [0.1, 0.15) is 33.5 Å². The van der Waals surface area contributed by atoms with Gasteiger partial charge in [-0.05, 0) is 33.0 Å². The smallest absolute Gasteiger partial charge is 0.271 e. The normalized spacial score (nSPS) is 11.8. The number of amides is 2. The number of rotatable bonds is 5. The number of pyridine rings is 1. The highest BCUT2D eigenvalue weighted by Crippen LogP contribution is 2.08. The number of aromatic nitrogens is 1. The second kappa shape index (κ2) is 7.00. The van der Waals surface area contributed by atoms with E-state index in [0.29, 0.717) is 23.5 Å². The molecule has 0 aliphatic carbocycles. The number of hydrogen-bond acceptors (Lipinski definition) is 4. The molecule has 2 amide bonds. The van der Waals surface area contributed by atoms with Crippen LogP contribution in [0.15, 0.2) is 12.1 Å². The van der Waals surface area contributed by atoms with Crippen LogP contribution in [0.4, 0.5) is 0 Å². The highest BCUT2D eigenvalue weighted by atomic mass is 16.2. The summed E-state index contributed by atoms with van der Waals surface area (Å²) < 4.78 is 0. The molecule has 0 saturated carbocycles. The fourth-order valence-electron chi connectivity index (χ4n) is 1.59. The van der Waals surface area contributed by atoms with Crippen LogP contribution in [-0.2, 0) is 0 Å². The van der Waals surface area contributed by atoms with Crippen LogP contribution in [0.5, 0.6) is 0 Å². The lowest BCUT2D eigenvalue weighted by atomic mass is 10.1. The fraction of sp³-hybridized carbons (Fsp3) is 0.500. The average molecular weight is 278 g/mol. The van der Waals surface area contributed by atoms with Crippen molar-refractivity contribution in [2.75, 3.05) is 27.7 Å². The molecule has 0 saturated heterocycles. The SMILES string of the molecule is CNC(C)CNC(=O)c1ccc(C(=O)N(C)C)nc1C. The van der Waals surface area contributed by atoms with Crippen LogP contribution >= 0.6 is 0 Å². The van der Waals surface area contributed by atoms with Gasteiger partial charge in [0.05, 0.1) is 11.3 Å². The molecule has 6 heteroatoms. The fourth-order valence-corrected chi connectivity index (χ4v) is 1.59. The third kappa shape index (κ3) is 4.03. The lowest BCUT2D eigenvalue weighted by molar-refractivity contribution is 0.0820. The van der Waals surface area contributed by atoms with E-state index in [9.17, 15) is 9.59 Å². The lowest BCUT2D eigenvalue weighted by Gasteiger charge is -2.13. The van der Waals surface area contributed by atoms with Crippen molar-refractivity contribution in [1.29, 1.82) is 0 Å². The molecule has 1 aromatic heterocycles. The molecule has 6 nitrogen and oxygen atoms in total. The van der Waals surface area contributed by atoms with E-state index in [2.05, 4.69) is 15.6 Å². The molecule has 1 unspecified atom stereocenters. The first-order chi connectivity index (χ1) is 9.36. The predicted octanol–water partition coefficient (Wildman–Crippen LogP) is 0.430. The van der Waals surface area contributed by atoms with E-state index >= 15 is 0 Å². The molecule has 2 N–H and O–H groups in total. The predicted molar refractivity (Wildman–Crippen MR) is 77.8 cm³/mol. The summed E-state index contributed by atoms with van der Waals surface area (Å²) in [6.07, 6.45) is 0. The number of aryl methyl sites for hydroxylation is 1. The molecule has 0 aliphatic rings. The molecule has 0 fully saturated rings. The van der Waals surface area contributed by atoms with Gasteiger partial charge in [0, 0.05) is 26.7 Å². The quantitative estimate of drug-likeness (QED) is 0.819. The second-order valence-electron chi connectivity index (χ2n) is 4.93. The summed E-state index contributed by atoms with van der Waals surface area (Å²) in [5, 5.41) is 5.87. The number of carbonyl (C=O) groups is 2. The van der Waals surface area contributed by atoms with Crippen molar-refractivity contribution in [3.05, 3.63) is 29.1 Å². The molecule has 1 heterocycles. The molecule has 0 aromatic carbocycles. The maximum absolute atomic E-state index is 12.0. The molecule has 20 heavy (non-hydrogen) atoms.